The van der Waals surface area contributed by atoms with Gasteiger partial charge in [0.05, 0.1) is 23.5 Å². The zero-order chi connectivity index (χ0) is 14.0. The molecule has 20 heavy (non-hydrogen) atoms. The zero-order valence-corrected chi connectivity index (χ0v) is 11.9. The maximum atomic E-state index is 6.24. The lowest BCUT2D eigenvalue weighted by Crippen LogP contribution is -2.57. The topological polar surface area (TPSA) is 71.7 Å². The van der Waals surface area contributed by atoms with E-state index < -0.39 is 0 Å². The van der Waals surface area contributed by atoms with E-state index in [1.807, 2.05) is 0 Å². The number of amidine groups is 1. The Morgan fingerprint density at radius 1 is 1.35 bits per heavy atom. The van der Waals surface area contributed by atoms with Gasteiger partial charge in [-0.25, -0.2) is 4.99 Å². The van der Waals surface area contributed by atoms with Gasteiger partial charge < -0.3 is 21.1 Å². The summed E-state index contributed by atoms with van der Waals surface area (Å²) in [6.45, 7) is 2.68. The first-order valence-corrected chi connectivity index (χ1v) is 7.19. The van der Waals surface area contributed by atoms with Crippen molar-refractivity contribution in [2.24, 2.45) is 10.7 Å². The molecule has 0 saturated carbocycles. The number of ether oxygens (including phenoxy) is 1. The quantitative estimate of drug-likeness (QED) is 0.779. The maximum Gasteiger partial charge on any atom is 0.126 e. The van der Waals surface area contributed by atoms with Crippen molar-refractivity contribution in [3.8, 4) is 0 Å². The summed E-state index contributed by atoms with van der Waals surface area (Å²) in [5, 5.41) is 6.99. The molecule has 0 bridgehead atoms. The van der Waals surface area contributed by atoms with Gasteiger partial charge in [-0.1, -0.05) is 6.07 Å². The Bertz CT molecular complexity index is 521. The number of piperidine rings is 1. The average molecular weight is 274 g/mol. The van der Waals surface area contributed by atoms with Crippen LogP contribution >= 0.6 is 0 Å². The van der Waals surface area contributed by atoms with Crippen LogP contribution in [0.3, 0.4) is 0 Å². The van der Waals surface area contributed by atoms with Gasteiger partial charge in [-0.05, 0) is 50.0 Å². The molecule has 2 aliphatic rings. The minimum absolute atomic E-state index is 0.160. The van der Waals surface area contributed by atoms with Crippen LogP contribution in [-0.2, 0) is 11.2 Å². The van der Waals surface area contributed by atoms with Crippen molar-refractivity contribution in [3.05, 3.63) is 23.8 Å². The smallest absolute Gasteiger partial charge is 0.126 e. The third-order valence-corrected chi connectivity index (χ3v) is 4.22. The van der Waals surface area contributed by atoms with Crippen LogP contribution in [0.15, 0.2) is 23.2 Å². The molecule has 3 rings (SSSR count). The van der Waals surface area contributed by atoms with Crippen molar-refractivity contribution >= 4 is 17.2 Å². The zero-order valence-electron chi connectivity index (χ0n) is 11.9. The monoisotopic (exact) mass is 274 g/mol. The number of hydrogen-bond donors (Lipinski definition) is 3. The first kappa shape index (κ1) is 13.4. The van der Waals surface area contributed by atoms with E-state index in [1.165, 1.54) is 5.56 Å². The van der Waals surface area contributed by atoms with E-state index >= 15 is 0 Å². The number of aliphatic imine (C=N–C) groups is 1. The van der Waals surface area contributed by atoms with Crippen molar-refractivity contribution in [2.75, 3.05) is 32.1 Å². The van der Waals surface area contributed by atoms with E-state index in [9.17, 15) is 0 Å². The second-order valence-electron chi connectivity index (χ2n) is 5.55. The van der Waals surface area contributed by atoms with E-state index in [4.69, 9.17) is 10.5 Å². The highest BCUT2D eigenvalue weighted by Crippen LogP contribution is 2.37. The normalized spacial score (nSPS) is 20.1. The highest BCUT2D eigenvalue weighted by molar-refractivity contribution is 5.99. The summed E-state index contributed by atoms with van der Waals surface area (Å²) in [4.78, 5) is 4.65. The molecule has 5 heteroatoms. The van der Waals surface area contributed by atoms with Crippen LogP contribution in [0.4, 0.5) is 11.4 Å². The summed E-state index contributed by atoms with van der Waals surface area (Å²) >= 11 is 0. The van der Waals surface area contributed by atoms with Crippen LogP contribution in [0.1, 0.15) is 18.4 Å². The van der Waals surface area contributed by atoms with Gasteiger partial charge in [-0.2, -0.15) is 0 Å². The Morgan fingerprint density at radius 3 is 2.90 bits per heavy atom. The first-order valence-electron chi connectivity index (χ1n) is 7.19. The lowest BCUT2D eigenvalue weighted by molar-refractivity contribution is 0.202. The standard InChI is InChI=1S/C15H22N4O/c1-20-9-4-11-2-3-12-13(10-11)18-14(16)15(19-12)5-7-17-8-6-15/h2-3,10,17,19H,4-9H2,1H3,(H2,16,18). The van der Waals surface area contributed by atoms with E-state index in [0.29, 0.717) is 0 Å². The van der Waals surface area contributed by atoms with Gasteiger partial charge in [-0.15, -0.1) is 0 Å². The Hall–Kier alpha value is -1.59. The van der Waals surface area contributed by atoms with Crippen LogP contribution < -0.4 is 16.4 Å². The maximum absolute atomic E-state index is 6.24. The highest BCUT2D eigenvalue weighted by atomic mass is 16.5. The van der Waals surface area contributed by atoms with Crippen molar-refractivity contribution < 1.29 is 4.74 Å². The van der Waals surface area contributed by atoms with Gasteiger partial charge in [-0.3, -0.25) is 0 Å². The summed E-state index contributed by atoms with van der Waals surface area (Å²) < 4.78 is 5.12. The van der Waals surface area contributed by atoms with Crippen molar-refractivity contribution in [1.82, 2.24) is 5.32 Å². The Balaban J connectivity index is 1.87. The molecule has 1 spiro atoms. The predicted octanol–water partition coefficient (Wildman–Crippen LogP) is 1.41. The molecule has 0 aliphatic carbocycles. The molecule has 0 unspecified atom stereocenters. The second kappa shape index (κ2) is 5.42. The summed E-state index contributed by atoms with van der Waals surface area (Å²) in [5.74, 6) is 0.718. The van der Waals surface area contributed by atoms with Crippen LogP contribution in [0.5, 0.6) is 0 Å². The Morgan fingerprint density at radius 2 is 2.15 bits per heavy atom. The number of nitrogens with one attached hydrogen (secondary N) is 2. The molecule has 2 aliphatic heterocycles. The highest BCUT2D eigenvalue weighted by Gasteiger charge is 2.38. The molecule has 108 valence electrons. The van der Waals surface area contributed by atoms with Gasteiger partial charge in [0.2, 0.25) is 0 Å². The summed E-state index contributed by atoms with van der Waals surface area (Å²) in [7, 11) is 1.72. The molecule has 4 N–H and O–H groups in total. The van der Waals surface area contributed by atoms with Crippen molar-refractivity contribution in [3.63, 3.8) is 0 Å². The second-order valence-corrected chi connectivity index (χ2v) is 5.55. The Labute approximate surface area is 119 Å². The number of anilines is 1. The molecule has 1 fully saturated rings. The number of nitrogens with two attached hydrogens (primary N) is 1. The van der Waals surface area contributed by atoms with Crippen LogP contribution in [0.25, 0.3) is 0 Å². The molecule has 1 aromatic carbocycles. The molecule has 1 saturated heterocycles. The molecule has 0 aromatic heterocycles. The van der Waals surface area contributed by atoms with Crippen LogP contribution in [0, 0.1) is 0 Å². The lowest BCUT2D eigenvalue weighted by Gasteiger charge is -2.41. The number of nitrogens with zero attached hydrogens (tertiary/aromatic N) is 1. The molecule has 5 nitrogen and oxygen atoms in total. The fraction of sp³-hybridized carbons (Fsp3) is 0.533. The van der Waals surface area contributed by atoms with Crippen molar-refractivity contribution in [1.29, 1.82) is 0 Å². The molecule has 1 aromatic rings. The minimum Gasteiger partial charge on any atom is -0.385 e. The SMILES string of the molecule is COCCc1ccc2c(c1)N=C(N)C1(CCNCC1)N2. The molecular formula is C15H22N4O. The molecule has 2 heterocycles. The molecular weight excluding hydrogens is 252 g/mol. The van der Waals surface area contributed by atoms with Gasteiger partial charge in [0.1, 0.15) is 5.84 Å². The lowest BCUT2D eigenvalue weighted by atomic mass is 9.85. The number of benzene rings is 1. The number of hydrogen-bond acceptors (Lipinski definition) is 5. The summed E-state index contributed by atoms with van der Waals surface area (Å²) in [5.41, 5.74) is 9.34. The Kier molecular flexibility index (Phi) is 3.63. The predicted molar refractivity (Wildman–Crippen MR) is 81.8 cm³/mol. The number of methoxy groups -OCH3 is 1. The molecule has 0 atom stereocenters. The third-order valence-electron chi connectivity index (χ3n) is 4.22. The minimum atomic E-state index is -0.160. The fourth-order valence-corrected chi connectivity index (χ4v) is 2.94. The van der Waals surface area contributed by atoms with Gasteiger partial charge in [0, 0.05) is 7.11 Å². The van der Waals surface area contributed by atoms with Gasteiger partial charge >= 0.3 is 0 Å². The number of fused-ring (bicyclic) bond motifs is 1. The molecule has 0 amide bonds. The first-order chi connectivity index (χ1) is 9.73. The fourth-order valence-electron chi connectivity index (χ4n) is 2.94. The van der Waals surface area contributed by atoms with Crippen LogP contribution in [0.2, 0.25) is 0 Å². The van der Waals surface area contributed by atoms with E-state index in [2.05, 4.69) is 33.8 Å². The van der Waals surface area contributed by atoms with Gasteiger partial charge in [0.15, 0.2) is 0 Å². The van der Waals surface area contributed by atoms with Crippen LogP contribution in [-0.4, -0.2) is 38.2 Å². The molecule has 0 radical (unpaired) electrons. The van der Waals surface area contributed by atoms with E-state index in [1.54, 1.807) is 7.11 Å². The van der Waals surface area contributed by atoms with Crippen molar-refractivity contribution in [2.45, 2.75) is 24.8 Å². The van der Waals surface area contributed by atoms with Gasteiger partial charge in [0.25, 0.3) is 0 Å². The summed E-state index contributed by atoms with van der Waals surface area (Å²) in [6.07, 6.45) is 2.86. The number of rotatable bonds is 3. The van der Waals surface area contributed by atoms with E-state index in [0.717, 1.165) is 56.2 Å². The largest absolute Gasteiger partial charge is 0.385 e. The third kappa shape index (κ3) is 2.39. The average Bonchev–Trinajstić information content (AvgIpc) is 2.47. The van der Waals surface area contributed by atoms with E-state index in [-0.39, 0.29) is 5.54 Å². The summed E-state index contributed by atoms with van der Waals surface area (Å²) in [6, 6.07) is 6.35.